The van der Waals surface area contributed by atoms with Gasteiger partial charge in [0.15, 0.2) is 0 Å². The third kappa shape index (κ3) is 6.71. The molecule has 1 atom stereocenters. The number of hydrogen-bond donors (Lipinski definition) is 0. The molecule has 1 aromatic heterocycles. The van der Waals surface area contributed by atoms with Crippen LogP contribution in [0, 0.1) is 11.2 Å². The van der Waals surface area contributed by atoms with Crippen LogP contribution in [0.5, 0.6) is 0 Å². The highest BCUT2D eigenvalue weighted by Crippen LogP contribution is 2.36. The van der Waals surface area contributed by atoms with E-state index in [0.717, 1.165) is 22.5 Å². The SMILES string of the molecule is CCCN(C[C@]1(COCCOC)C=Cc2c(cnn2-c2ccc(F)cc2)C1)S(=O)(=O)c1ccc(C(C)(C)C)cc1. The smallest absolute Gasteiger partial charge is 0.243 e. The van der Waals surface area contributed by atoms with Crippen LogP contribution in [-0.4, -0.2) is 62.5 Å². The van der Waals surface area contributed by atoms with Crippen LogP contribution in [0.15, 0.2) is 65.7 Å². The summed E-state index contributed by atoms with van der Waals surface area (Å²) in [5.41, 5.74) is 3.03. The fourth-order valence-electron chi connectivity index (χ4n) is 5.02. The topological polar surface area (TPSA) is 73.7 Å². The van der Waals surface area contributed by atoms with Crippen LogP contribution < -0.4 is 0 Å². The molecule has 7 nitrogen and oxygen atoms in total. The largest absolute Gasteiger partial charge is 0.382 e. The van der Waals surface area contributed by atoms with E-state index >= 15 is 0 Å². The fraction of sp³-hybridized carbons (Fsp3) is 0.452. The first-order valence-electron chi connectivity index (χ1n) is 13.7. The molecule has 0 saturated heterocycles. The summed E-state index contributed by atoms with van der Waals surface area (Å²) in [5, 5.41) is 4.56. The lowest BCUT2D eigenvalue weighted by molar-refractivity contribution is 0.0256. The van der Waals surface area contributed by atoms with E-state index in [1.54, 1.807) is 46.6 Å². The summed E-state index contributed by atoms with van der Waals surface area (Å²) in [4.78, 5) is 0.286. The van der Waals surface area contributed by atoms with E-state index in [2.05, 4.69) is 25.9 Å². The van der Waals surface area contributed by atoms with Gasteiger partial charge in [-0.3, -0.25) is 0 Å². The van der Waals surface area contributed by atoms with Crippen LogP contribution in [0.1, 0.15) is 50.9 Å². The van der Waals surface area contributed by atoms with E-state index in [4.69, 9.17) is 9.47 Å². The van der Waals surface area contributed by atoms with Crippen LogP contribution in [0.25, 0.3) is 11.8 Å². The predicted molar refractivity (Wildman–Crippen MR) is 156 cm³/mol. The summed E-state index contributed by atoms with van der Waals surface area (Å²) < 4.78 is 55.9. The van der Waals surface area contributed by atoms with Crippen LogP contribution >= 0.6 is 0 Å². The van der Waals surface area contributed by atoms with E-state index in [1.807, 2.05) is 31.2 Å². The van der Waals surface area contributed by atoms with Crippen molar-refractivity contribution in [3.05, 3.63) is 83.4 Å². The van der Waals surface area contributed by atoms with Crippen LogP contribution in [0.4, 0.5) is 4.39 Å². The third-order valence-electron chi connectivity index (χ3n) is 7.24. The Morgan fingerprint density at radius 1 is 1.07 bits per heavy atom. The Bertz CT molecular complexity index is 1410. The molecule has 0 saturated carbocycles. The number of fused-ring (bicyclic) bond motifs is 1. The average molecular weight is 570 g/mol. The molecule has 4 rings (SSSR count). The second kappa shape index (κ2) is 12.3. The lowest BCUT2D eigenvalue weighted by Gasteiger charge is -2.37. The van der Waals surface area contributed by atoms with Gasteiger partial charge in [-0.2, -0.15) is 9.40 Å². The minimum atomic E-state index is -3.75. The Hall–Kier alpha value is -2.85. The summed E-state index contributed by atoms with van der Waals surface area (Å²) in [7, 11) is -2.13. The summed E-state index contributed by atoms with van der Waals surface area (Å²) >= 11 is 0. The molecule has 1 aliphatic rings. The number of ether oxygens (including phenoxy) is 2. The molecule has 0 radical (unpaired) electrons. The number of aromatic nitrogens is 2. The van der Waals surface area contributed by atoms with Gasteiger partial charge in [-0.15, -0.1) is 0 Å². The normalized spacial score (nSPS) is 17.4. The quantitative estimate of drug-likeness (QED) is 0.265. The number of halogens is 1. The molecular formula is C31H40FN3O4S. The van der Waals surface area contributed by atoms with E-state index in [9.17, 15) is 12.8 Å². The highest BCUT2D eigenvalue weighted by molar-refractivity contribution is 7.89. The van der Waals surface area contributed by atoms with Gasteiger partial charge in [0.1, 0.15) is 5.82 Å². The van der Waals surface area contributed by atoms with Crippen molar-refractivity contribution in [1.82, 2.24) is 14.1 Å². The van der Waals surface area contributed by atoms with Gasteiger partial charge < -0.3 is 9.47 Å². The molecule has 0 spiro atoms. The number of rotatable bonds is 12. The molecular weight excluding hydrogens is 529 g/mol. The number of methoxy groups -OCH3 is 1. The molecule has 1 aliphatic carbocycles. The average Bonchev–Trinajstić information content (AvgIpc) is 3.34. The Kier molecular flexibility index (Phi) is 9.29. The molecule has 0 amide bonds. The van der Waals surface area contributed by atoms with E-state index in [-0.39, 0.29) is 22.7 Å². The summed E-state index contributed by atoms with van der Waals surface area (Å²) in [5.74, 6) is -0.308. The third-order valence-corrected chi connectivity index (χ3v) is 9.10. The van der Waals surface area contributed by atoms with Gasteiger partial charge in [-0.1, -0.05) is 45.9 Å². The minimum absolute atomic E-state index is 0.0715. The Morgan fingerprint density at radius 2 is 1.77 bits per heavy atom. The number of sulfonamides is 1. The molecule has 216 valence electrons. The van der Waals surface area contributed by atoms with Crippen molar-refractivity contribution >= 4 is 16.1 Å². The second-order valence-electron chi connectivity index (χ2n) is 11.5. The van der Waals surface area contributed by atoms with Gasteiger partial charge in [0.25, 0.3) is 0 Å². The number of hydrogen-bond acceptors (Lipinski definition) is 5. The molecule has 1 heterocycles. The molecule has 40 heavy (non-hydrogen) atoms. The minimum Gasteiger partial charge on any atom is -0.382 e. The van der Waals surface area contributed by atoms with Gasteiger partial charge in [0.05, 0.1) is 42.3 Å². The molecule has 0 unspecified atom stereocenters. The molecule has 0 aliphatic heterocycles. The maximum Gasteiger partial charge on any atom is 0.243 e. The molecule has 3 aromatic rings. The zero-order valence-electron chi connectivity index (χ0n) is 24.1. The molecule has 9 heteroatoms. The van der Waals surface area contributed by atoms with Crippen LogP contribution in [-0.2, 0) is 31.3 Å². The molecule has 0 bridgehead atoms. The van der Waals surface area contributed by atoms with Crippen molar-refractivity contribution < 1.29 is 22.3 Å². The maximum atomic E-state index is 13.9. The number of nitrogens with zero attached hydrogens (tertiary/aromatic N) is 3. The highest BCUT2D eigenvalue weighted by atomic mass is 32.2. The predicted octanol–water partition coefficient (Wildman–Crippen LogP) is 5.63. The van der Waals surface area contributed by atoms with E-state index in [1.165, 1.54) is 12.1 Å². The first-order valence-corrected chi connectivity index (χ1v) is 15.1. The van der Waals surface area contributed by atoms with Crippen molar-refractivity contribution in [3.63, 3.8) is 0 Å². The lowest BCUT2D eigenvalue weighted by atomic mass is 9.78. The zero-order valence-corrected chi connectivity index (χ0v) is 24.9. The summed E-state index contributed by atoms with van der Waals surface area (Å²) in [6.45, 7) is 10.1. The Morgan fingerprint density at radius 3 is 2.40 bits per heavy atom. The Balaban J connectivity index is 1.66. The van der Waals surface area contributed by atoms with Gasteiger partial charge in [-0.25, -0.2) is 17.5 Å². The van der Waals surface area contributed by atoms with Crippen molar-refractivity contribution in [2.45, 2.75) is 50.8 Å². The fourth-order valence-corrected chi connectivity index (χ4v) is 6.65. The Labute approximate surface area is 237 Å². The number of benzene rings is 2. The van der Waals surface area contributed by atoms with Crippen LogP contribution in [0.3, 0.4) is 0 Å². The maximum absolute atomic E-state index is 13.9. The monoisotopic (exact) mass is 569 g/mol. The van der Waals surface area contributed by atoms with Crippen molar-refractivity contribution in [2.75, 3.05) is 40.0 Å². The molecule has 2 aromatic carbocycles. The molecule has 0 N–H and O–H groups in total. The van der Waals surface area contributed by atoms with Gasteiger partial charge in [0.2, 0.25) is 10.0 Å². The van der Waals surface area contributed by atoms with Crippen molar-refractivity contribution in [3.8, 4) is 5.69 Å². The summed E-state index contributed by atoms with van der Waals surface area (Å²) in [6.07, 6.45) is 7.05. The van der Waals surface area contributed by atoms with Crippen LogP contribution in [0.2, 0.25) is 0 Å². The van der Waals surface area contributed by atoms with E-state index in [0.29, 0.717) is 39.2 Å². The zero-order chi connectivity index (χ0) is 29.0. The van der Waals surface area contributed by atoms with Gasteiger partial charge in [0, 0.05) is 25.6 Å². The van der Waals surface area contributed by atoms with Crippen molar-refractivity contribution in [1.29, 1.82) is 0 Å². The lowest BCUT2D eigenvalue weighted by Crippen LogP contribution is -2.45. The first kappa shape index (κ1) is 30.1. The second-order valence-corrected chi connectivity index (χ2v) is 13.4. The van der Waals surface area contributed by atoms with Crippen molar-refractivity contribution in [2.24, 2.45) is 5.41 Å². The van der Waals surface area contributed by atoms with Gasteiger partial charge in [-0.05, 0) is 71.9 Å². The summed E-state index contributed by atoms with van der Waals surface area (Å²) in [6, 6.07) is 13.4. The van der Waals surface area contributed by atoms with E-state index < -0.39 is 15.4 Å². The first-order chi connectivity index (χ1) is 19.0. The standard InChI is InChI=1S/C31H40FN3O4S/c1-6-17-34(40(36,37)28-13-7-25(8-14-28)30(2,3)4)22-31(23-39-19-18-38-5)16-15-29-24(20-31)21-33-35(29)27-11-9-26(32)10-12-27/h7-16,21H,6,17-20,22-23H2,1-5H3/t31-/m0/s1. The van der Waals surface area contributed by atoms with Gasteiger partial charge >= 0.3 is 0 Å². The highest BCUT2D eigenvalue weighted by Gasteiger charge is 2.38. The molecule has 0 fully saturated rings.